The molecule has 1 atom stereocenters. The summed E-state index contributed by atoms with van der Waals surface area (Å²) in [6.07, 6.45) is 2.49. The topological polar surface area (TPSA) is 57.8 Å². The van der Waals surface area contributed by atoms with E-state index in [0.717, 1.165) is 27.4 Å². The Morgan fingerprint density at radius 3 is 3.05 bits per heavy atom. The van der Waals surface area contributed by atoms with Gasteiger partial charge in [-0.1, -0.05) is 0 Å². The minimum absolute atomic E-state index is 0.00771. The van der Waals surface area contributed by atoms with Gasteiger partial charge in [0, 0.05) is 16.7 Å². The zero-order valence-electron chi connectivity index (χ0n) is 11.8. The maximum absolute atomic E-state index is 12.2. The zero-order valence-corrected chi connectivity index (χ0v) is 13.4. The van der Waals surface area contributed by atoms with Crippen LogP contribution in [0.4, 0.5) is 0 Å². The molecular weight excluding hydrogens is 290 g/mol. The molecular formula is C14H19N3OS2. The van der Waals surface area contributed by atoms with Crippen molar-refractivity contribution in [2.45, 2.75) is 39.3 Å². The number of hydrogen-bond acceptors (Lipinski definition) is 5. The molecule has 1 unspecified atom stereocenters. The van der Waals surface area contributed by atoms with Crippen LogP contribution >= 0.6 is 23.1 Å². The number of nitrogens with one attached hydrogen (secondary N) is 2. The van der Waals surface area contributed by atoms with E-state index in [1.54, 1.807) is 11.3 Å². The van der Waals surface area contributed by atoms with Gasteiger partial charge >= 0.3 is 0 Å². The molecule has 0 saturated carbocycles. The van der Waals surface area contributed by atoms with Gasteiger partial charge in [0.2, 0.25) is 0 Å². The molecule has 3 rings (SSSR count). The summed E-state index contributed by atoms with van der Waals surface area (Å²) in [4.78, 5) is 21.7. The number of hydrogen-bond donors (Lipinski definition) is 2. The van der Waals surface area contributed by atoms with Gasteiger partial charge in [-0.15, -0.1) is 11.3 Å². The van der Waals surface area contributed by atoms with Gasteiger partial charge in [0.15, 0.2) is 0 Å². The first kappa shape index (κ1) is 14.1. The fourth-order valence-electron chi connectivity index (χ4n) is 2.53. The first-order chi connectivity index (χ1) is 9.65. The number of aryl methyl sites for hydroxylation is 2. The molecule has 0 aliphatic carbocycles. The van der Waals surface area contributed by atoms with Crippen LogP contribution in [0.2, 0.25) is 0 Å². The molecule has 2 N–H and O–H groups in total. The van der Waals surface area contributed by atoms with Crippen molar-refractivity contribution in [2.75, 3.05) is 11.5 Å². The molecule has 108 valence electrons. The maximum Gasteiger partial charge on any atom is 0.259 e. The van der Waals surface area contributed by atoms with Gasteiger partial charge in [-0.2, -0.15) is 11.8 Å². The molecule has 0 spiro atoms. The molecule has 1 aliphatic heterocycles. The highest BCUT2D eigenvalue weighted by atomic mass is 32.2. The SMILES string of the molecule is Cc1sc2nc(CNC3CCCSC3)[nH]c(=O)c2c1C. The van der Waals surface area contributed by atoms with E-state index in [2.05, 4.69) is 15.3 Å². The summed E-state index contributed by atoms with van der Waals surface area (Å²) in [5, 5.41) is 4.26. The van der Waals surface area contributed by atoms with E-state index in [0.29, 0.717) is 12.6 Å². The summed E-state index contributed by atoms with van der Waals surface area (Å²) in [6.45, 7) is 4.67. The van der Waals surface area contributed by atoms with Gasteiger partial charge in [-0.05, 0) is 38.0 Å². The molecule has 6 heteroatoms. The monoisotopic (exact) mass is 309 g/mol. The highest BCUT2D eigenvalue weighted by Gasteiger charge is 2.15. The molecule has 0 amide bonds. The van der Waals surface area contributed by atoms with Gasteiger partial charge in [0.25, 0.3) is 5.56 Å². The Bertz CT molecular complexity index is 671. The van der Waals surface area contributed by atoms with Crippen LogP contribution in [-0.2, 0) is 6.54 Å². The molecule has 1 aliphatic rings. The van der Waals surface area contributed by atoms with Crippen LogP contribution in [0, 0.1) is 13.8 Å². The molecule has 0 radical (unpaired) electrons. The first-order valence-electron chi connectivity index (χ1n) is 6.95. The molecule has 0 bridgehead atoms. The minimum Gasteiger partial charge on any atom is -0.309 e. The summed E-state index contributed by atoms with van der Waals surface area (Å²) < 4.78 is 0. The largest absolute Gasteiger partial charge is 0.309 e. The minimum atomic E-state index is -0.00771. The van der Waals surface area contributed by atoms with Crippen LogP contribution in [0.15, 0.2) is 4.79 Å². The molecule has 3 heterocycles. The van der Waals surface area contributed by atoms with Gasteiger partial charge in [-0.3, -0.25) is 4.79 Å². The van der Waals surface area contributed by atoms with E-state index in [1.165, 1.54) is 23.5 Å². The highest BCUT2D eigenvalue weighted by Crippen LogP contribution is 2.25. The number of thiophene rings is 1. The first-order valence-corrected chi connectivity index (χ1v) is 8.92. The third-order valence-corrected chi connectivity index (χ3v) is 6.12. The van der Waals surface area contributed by atoms with Crippen molar-refractivity contribution in [3.05, 3.63) is 26.6 Å². The Kier molecular flexibility index (Phi) is 4.14. The Labute approximate surface area is 126 Å². The van der Waals surface area contributed by atoms with Crippen molar-refractivity contribution in [1.82, 2.24) is 15.3 Å². The molecule has 4 nitrogen and oxygen atoms in total. The fourth-order valence-corrected chi connectivity index (χ4v) is 4.68. The lowest BCUT2D eigenvalue weighted by molar-refractivity contribution is 0.499. The van der Waals surface area contributed by atoms with E-state index >= 15 is 0 Å². The lowest BCUT2D eigenvalue weighted by atomic mass is 10.2. The lowest BCUT2D eigenvalue weighted by Gasteiger charge is -2.22. The van der Waals surface area contributed by atoms with Crippen LogP contribution in [0.5, 0.6) is 0 Å². The Morgan fingerprint density at radius 1 is 1.45 bits per heavy atom. The average molecular weight is 309 g/mol. The van der Waals surface area contributed by atoms with E-state index in [4.69, 9.17) is 0 Å². The second-order valence-electron chi connectivity index (χ2n) is 5.27. The maximum atomic E-state index is 12.2. The zero-order chi connectivity index (χ0) is 14.1. The number of aromatic amines is 1. The Balaban J connectivity index is 1.80. The van der Waals surface area contributed by atoms with Crippen LogP contribution in [0.3, 0.4) is 0 Å². The van der Waals surface area contributed by atoms with Crippen LogP contribution < -0.4 is 10.9 Å². The predicted molar refractivity (Wildman–Crippen MR) is 86.9 cm³/mol. The van der Waals surface area contributed by atoms with Crippen LogP contribution in [-0.4, -0.2) is 27.5 Å². The van der Waals surface area contributed by atoms with E-state index in [1.807, 2.05) is 25.6 Å². The second kappa shape index (κ2) is 5.87. The summed E-state index contributed by atoms with van der Waals surface area (Å²) in [5.74, 6) is 3.18. The molecule has 20 heavy (non-hydrogen) atoms. The van der Waals surface area contributed by atoms with Crippen molar-refractivity contribution in [3.8, 4) is 0 Å². The smallest absolute Gasteiger partial charge is 0.259 e. The van der Waals surface area contributed by atoms with Crippen molar-refractivity contribution in [1.29, 1.82) is 0 Å². The number of rotatable bonds is 3. The normalized spacial score (nSPS) is 19.6. The molecule has 2 aromatic heterocycles. The number of H-pyrrole nitrogens is 1. The molecule has 0 aromatic carbocycles. The number of aromatic nitrogens is 2. The molecule has 1 fully saturated rings. The predicted octanol–water partition coefficient (Wildman–Crippen LogP) is 2.59. The number of thioether (sulfide) groups is 1. The van der Waals surface area contributed by atoms with Crippen LogP contribution in [0.25, 0.3) is 10.2 Å². The third-order valence-electron chi connectivity index (χ3n) is 3.81. The van der Waals surface area contributed by atoms with Gasteiger partial charge < -0.3 is 10.3 Å². The van der Waals surface area contributed by atoms with Gasteiger partial charge in [0.05, 0.1) is 11.9 Å². The summed E-state index contributed by atoms with van der Waals surface area (Å²) >= 11 is 3.60. The molecule has 1 saturated heterocycles. The summed E-state index contributed by atoms with van der Waals surface area (Å²) in [5.41, 5.74) is 1.05. The van der Waals surface area contributed by atoms with Crippen molar-refractivity contribution in [2.24, 2.45) is 0 Å². The summed E-state index contributed by atoms with van der Waals surface area (Å²) in [7, 11) is 0. The fraction of sp³-hybridized carbons (Fsp3) is 0.571. The quantitative estimate of drug-likeness (QED) is 0.915. The van der Waals surface area contributed by atoms with Crippen molar-refractivity contribution < 1.29 is 0 Å². The lowest BCUT2D eigenvalue weighted by Crippen LogP contribution is -2.34. The Hall–Kier alpha value is -0.850. The van der Waals surface area contributed by atoms with Crippen LogP contribution in [0.1, 0.15) is 29.1 Å². The third kappa shape index (κ3) is 2.77. The van der Waals surface area contributed by atoms with E-state index in [9.17, 15) is 4.79 Å². The number of nitrogens with zero attached hydrogens (tertiary/aromatic N) is 1. The summed E-state index contributed by atoms with van der Waals surface area (Å²) in [6, 6.07) is 0.543. The van der Waals surface area contributed by atoms with E-state index in [-0.39, 0.29) is 5.56 Å². The highest BCUT2D eigenvalue weighted by molar-refractivity contribution is 7.99. The van der Waals surface area contributed by atoms with Gasteiger partial charge in [0.1, 0.15) is 10.7 Å². The molecule has 2 aromatic rings. The van der Waals surface area contributed by atoms with Gasteiger partial charge in [-0.25, -0.2) is 4.98 Å². The second-order valence-corrected chi connectivity index (χ2v) is 7.62. The Morgan fingerprint density at radius 2 is 2.30 bits per heavy atom. The number of fused-ring (bicyclic) bond motifs is 1. The van der Waals surface area contributed by atoms with Crippen molar-refractivity contribution in [3.63, 3.8) is 0 Å². The standard InChI is InChI=1S/C14H19N3OS2/c1-8-9(2)20-14-12(8)13(18)16-11(17-14)6-15-10-4-3-5-19-7-10/h10,15H,3-7H2,1-2H3,(H,16,17,18). The van der Waals surface area contributed by atoms with Crippen molar-refractivity contribution >= 4 is 33.3 Å². The average Bonchev–Trinajstić information content (AvgIpc) is 2.73. The van der Waals surface area contributed by atoms with E-state index < -0.39 is 0 Å².